The van der Waals surface area contributed by atoms with Gasteiger partial charge >= 0.3 is 0 Å². The Labute approximate surface area is 120 Å². The van der Waals surface area contributed by atoms with Gasteiger partial charge < -0.3 is 20.1 Å². The van der Waals surface area contributed by atoms with Crippen molar-refractivity contribution in [3.8, 4) is 11.5 Å². The van der Waals surface area contributed by atoms with Crippen LogP contribution in [-0.4, -0.2) is 33.2 Å². The highest BCUT2D eigenvalue weighted by Gasteiger charge is 2.08. The van der Waals surface area contributed by atoms with Crippen molar-refractivity contribution >= 4 is 5.91 Å². The maximum Gasteiger partial charge on any atom is 0.257 e. The number of methoxy groups -OCH3 is 1. The van der Waals surface area contributed by atoms with Crippen molar-refractivity contribution in [3.05, 3.63) is 23.8 Å². The van der Waals surface area contributed by atoms with Crippen LogP contribution in [0.25, 0.3) is 0 Å². The normalized spacial score (nSPS) is 10.4. The van der Waals surface area contributed by atoms with Crippen molar-refractivity contribution in [2.45, 2.75) is 20.4 Å². The topological polar surface area (TPSA) is 59.6 Å². The van der Waals surface area contributed by atoms with E-state index >= 15 is 0 Å². The summed E-state index contributed by atoms with van der Waals surface area (Å²) in [7, 11) is 3.22. The molecule has 1 aromatic rings. The molecule has 2 N–H and O–H groups in total. The van der Waals surface area contributed by atoms with E-state index in [4.69, 9.17) is 9.47 Å². The summed E-state index contributed by atoms with van der Waals surface area (Å²) >= 11 is 0. The zero-order valence-electron chi connectivity index (χ0n) is 12.7. The molecule has 112 valence electrons. The zero-order valence-corrected chi connectivity index (χ0v) is 12.7. The van der Waals surface area contributed by atoms with Crippen LogP contribution in [0, 0.1) is 5.92 Å². The van der Waals surface area contributed by atoms with Gasteiger partial charge in [0.2, 0.25) is 0 Å². The van der Waals surface area contributed by atoms with Gasteiger partial charge in [0.25, 0.3) is 5.91 Å². The lowest BCUT2D eigenvalue weighted by molar-refractivity contribution is -0.122. The van der Waals surface area contributed by atoms with E-state index in [1.807, 2.05) is 18.2 Å². The van der Waals surface area contributed by atoms with Crippen LogP contribution < -0.4 is 20.1 Å². The molecule has 0 aliphatic rings. The predicted octanol–water partition coefficient (Wildman–Crippen LogP) is 1.57. The molecule has 0 aromatic heterocycles. The molecule has 1 aromatic carbocycles. The van der Waals surface area contributed by atoms with Crippen molar-refractivity contribution in [1.29, 1.82) is 0 Å². The van der Waals surface area contributed by atoms with Gasteiger partial charge in [-0.3, -0.25) is 4.79 Å². The molecule has 0 bridgehead atoms. The van der Waals surface area contributed by atoms with Crippen LogP contribution in [0.4, 0.5) is 0 Å². The number of hydrogen-bond acceptors (Lipinski definition) is 4. The number of carbonyl (C=O) groups excluding carboxylic acids is 1. The van der Waals surface area contributed by atoms with E-state index < -0.39 is 0 Å². The lowest BCUT2D eigenvalue weighted by Crippen LogP contribution is -2.25. The minimum atomic E-state index is -0.151. The first-order chi connectivity index (χ1) is 9.56. The highest BCUT2D eigenvalue weighted by atomic mass is 16.5. The molecule has 5 nitrogen and oxygen atoms in total. The molecular weight excluding hydrogens is 256 g/mol. The van der Waals surface area contributed by atoms with Crippen molar-refractivity contribution < 1.29 is 14.3 Å². The van der Waals surface area contributed by atoms with Gasteiger partial charge in [0.05, 0.1) is 7.11 Å². The van der Waals surface area contributed by atoms with Gasteiger partial charge in [-0.15, -0.1) is 0 Å². The van der Waals surface area contributed by atoms with Crippen LogP contribution in [0.3, 0.4) is 0 Å². The Bertz CT molecular complexity index is 433. The van der Waals surface area contributed by atoms with Gasteiger partial charge in [-0.05, 0) is 30.7 Å². The minimum absolute atomic E-state index is 0.0139. The Kier molecular flexibility index (Phi) is 6.87. The number of likely N-dealkylation sites (N-methyl/N-ethyl adjacent to an activating group) is 1. The molecule has 1 rings (SSSR count). The summed E-state index contributed by atoms with van der Waals surface area (Å²) in [6.07, 6.45) is 0. The number of benzene rings is 1. The second-order valence-electron chi connectivity index (χ2n) is 4.96. The molecule has 1 amide bonds. The highest BCUT2D eigenvalue weighted by Crippen LogP contribution is 2.24. The Morgan fingerprint density at radius 3 is 2.70 bits per heavy atom. The Morgan fingerprint density at radius 1 is 1.35 bits per heavy atom. The van der Waals surface area contributed by atoms with E-state index in [-0.39, 0.29) is 12.5 Å². The van der Waals surface area contributed by atoms with Gasteiger partial charge in [0, 0.05) is 19.2 Å². The Balaban J connectivity index is 2.72. The van der Waals surface area contributed by atoms with Crippen molar-refractivity contribution in [3.63, 3.8) is 0 Å². The van der Waals surface area contributed by atoms with Gasteiger partial charge in [-0.25, -0.2) is 0 Å². The smallest absolute Gasteiger partial charge is 0.257 e. The van der Waals surface area contributed by atoms with Gasteiger partial charge in [0.1, 0.15) is 11.5 Å². The zero-order chi connectivity index (χ0) is 15.0. The molecule has 0 saturated heterocycles. The van der Waals surface area contributed by atoms with Crippen molar-refractivity contribution in [2.75, 3.05) is 27.3 Å². The summed E-state index contributed by atoms with van der Waals surface area (Å²) in [6, 6.07) is 5.58. The third-order valence-corrected chi connectivity index (χ3v) is 2.77. The lowest BCUT2D eigenvalue weighted by Gasteiger charge is -2.14. The van der Waals surface area contributed by atoms with E-state index in [9.17, 15) is 4.79 Å². The number of ether oxygens (including phenoxy) is 2. The van der Waals surface area contributed by atoms with E-state index in [1.54, 1.807) is 14.2 Å². The molecule has 0 atom stereocenters. The fraction of sp³-hybridized carbons (Fsp3) is 0.533. The summed E-state index contributed by atoms with van der Waals surface area (Å²) in [5.41, 5.74) is 0.980. The van der Waals surface area contributed by atoms with Gasteiger partial charge in [-0.2, -0.15) is 0 Å². The monoisotopic (exact) mass is 280 g/mol. The number of hydrogen-bond donors (Lipinski definition) is 2. The maximum atomic E-state index is 11.2. The molecule has 0 aliphatic carbocycles. The molecule has 0 unspecified atom stereocenters. The van der Waals surface area contributed by atoms with Crippen LogP contribution in [0.5, 0.6) is 11.5 Å². The van der Waals surface area contributed by atoms with Crippen molar-refractivity contribution in [2.24, 2.45) is 5.92 Å². The van der Waals surface area contributed by atoms with E-state index in [1.165, 1.54) is 0 Å². The lowest BCUT2D eigenvalue weighted by atomic mass is 10.1. The third-order valence-electron chi connectivity index (χ3n) is 2.77. The summed E-state index contributed by atoms with van der Waals surface area (Å²) in [4.78, 5) is 11.2. The van der Waals surface area contributed by atoms with Crippen molar-refractivity contribution in [1.82, 2.24) is 10.6 Å². The quantitative estimate of drug-likeness (QED) is 0.759. The van der Waals surface area contributed by atoms with Gasteiger partial charge in [0.15, 0.2) is 6.61 Å². The number of carbonyl (C=O) groups is 1. The first-order valence-electron chi connectivity index (χ1n) is 6.77. The minimum Gasteiger partial charge on any atom is -0.497 e. The van der Waals surface area contributed by atoms with Crippen LogP contribution >= 0.6 is 0 Å². The first-order valence-corrected chi connectivity index (χ1v) is 6.77. The second kappa shape index (κ2) is 8.43. The summed E-state index contributed by atoms with van der Waals surface area (Å²) in [6.45, 7) is 5.92. The first kappa shape index (κ1) is 16.3. The van der Waals surface area contributed by atoms with Gasteiger partial charge in [-0.1, -0.05) is 13.8 Å². The predicted molar refractivity (Wildman–Crippen MR) is 79.1 cm³/mol. The molecular formula is C15H24N2O3. The van der Waals surface area contributed by atoms with E-state index in [0.29, 0.717) is 18.2 Å². The molecule has 0 aliphatic heterocycles. The Morgan fingerprint density at radius 2 is 2.10 bits per heavy atom. The number of amides is 1. The largest absolute Gasteiger partial charge is 0.497 e. The Hall–Kier alpha value is -1.75. The molecule has 0 heterocycles. The number of rotatable bonds is 8. The standard InChI is InChI=1S/C15H24N2O3/c1-11(2)8-17-9-12-7-13(19-4)5-6-14(12)20-10-15(18)16-3/h5-7,11,17H,8-10H2,1-4H3,(H,16,18). The fourth-order valence-electron chi connectivity index (χ4n) is 1.67. The summed E-state index contributed by atoms with van der Waals surface area (Å²) in [5, 5.41) is 5.89. The molecule has 5 heteroatoms. The average molecular weight is 280 g/mol. The maximum absolute atomic E-state index is 11.2. The average Bonchev–Trinajstić information content (AvgIpc) is 2.44. The van der Waals surface area contributed by atoms with E-state index in [2.05, 4.69) is 24.5 Å². The SMILES string of the molecule is CNC(=O)COc1ccc(OC)cc1CNCC(C)C. The number of nitrogens with one attached hydrogen (secondary N) is 2. The molecule has 0 radical (unpaired) electrons. The van der Waals surface area contributed by atoms with Crippen LogP contribution in [0.15, 0.2) is 18.2 Å². The fourth-order valence-corrected chi connectivity index (χ4v) is 1.67. The second-order valence-corrected chi connectivity index (χ2v) is 4.96. The summed E-state index contributed by atoms with van der Waals surface area (Å²) < 4.78 is 10.8. The van der Waals surface area contributed by atoms with Crippen LogP contribution in [0.2, 0.25) is 0 Å². The van der Waals surface area contributed by atoms with Crippen LogP contribution in [-0.2, 0) is 11.3 Å². The molecule has 0 saturated carbocycles. The summed E-state index contributed by atoms with van der Waals surface area (Å²) in [5.74, 6) is 1.90. The highest BCUT2D eigenvalue weighted by molar-refractivity contribution is 5.77. The van der Waals surface area contributed by atoms with Crippen LogP contribution in [0.1, 0.15) is 19.4 Å². The molecule has 0 fully saturated rings. The van der Waals surface area contributed by atoms with E-state index in [0.717, 1.165) is 17.9 Å². The third kappa shape index (κ3) is 5.48. The molecule has 20 heavy (non-hydrogen) atoms. The molecule has 0 spiro atoms.